The molecule has 0 unspecified atom stereocenters. The van der Waals surface area contributed by atoms with Crippen LogP contribution in [0.3, 0.4) is 0 Å². The van der Waals surface area contributed by atoms with E-state index in [0.29, 0.717) is 12.2 Å². The molecule has 0 amide bonds. The Bertz CT molecular complexity index is 678. The molecule has 0 radical (unpaired) electrons. The minimum absolute atomic E-state index is 0.0292. The molecule has 0 aliphatic carbocycles. The van der Waals surface area contributed by atoms with Crippen LogP contribution in [0.25, 0.3) is 0 Å². The van der Waals surface area contributed by atoms with Gasteiger partial charge in [-0.3, -0.25) is 4.79 Å². The molecule has 4 heteroatoms. The number of allylic oxidation sites excluding steroid dienone is 2. The van der Waals surface area contributed by atoms with Crippen molar-refractivity contribution in [2.45, 2.75) is 13.8 Å². The highest BCUT2D eigenvalue weighted by Crippen LogP contribution is 2.19. The normalized spacial score (nSPS) is 11.1. The highest BCUT2D eigenvalue weighted by atomic mass is 79.9. The molecule has 2 aromatic rings. The van der Waals surface area contributed by atoms with E-state index in [4.69, 9.17) is 4.74 Å². The largest absolute Gasteiger partial charge is 0.494 e. The molecule has 1 N–H and O–H groups in total. The molecule has 114 valence electrons. The Labute approximate surface area is 139 Å². The number of halogens is 1. The van der Waals surface area contributed by atoms with Gasteiger partial charge in [0.2, 0.25) is 0 Å². The van der Waals surface area contributed by atoms with Gasteiger partial charge in [-0.15, -0.1) is 0 Å². The number of ether oxygens (including phenoxy) is 1. The summed E-state index contributed by atoms with van der Waals surface area (Å²) in [6.07, 6.45) is 1.59. The Morgan fingerprint density at radius 1 is 1.23 bits per heavy atom. The quantitative estimate of drug-likeness (QED) is 0.579. The van der Waals surface area contributed by atoms with Crippen molar-refractivity contribution in [1.82, 2.24) is 0 Å². The maximum Gasteiger partial charge on any atom is 0.187 e. The number of hydrogen-bond donors (Lipinski definition) is 1. The van der Waals surface area contributed by atoms with E-state index in [2.05, 4.69) is 21.2 Å². The first-order chi connectivity index (χ1) is 10.6. The van der Waals surface area contributed by atoms with Crippen molar-refractivity contribution in [3.05, 3.63) is 70.3 Å². The number of benzene rings is 2. The van der Waals surface area contributed by atoms with Gasteiger partial charge in [-0.05, 0) is 50.2 Å². The monoisotopic (exact) mass is 359 g/mol. The number of ketones is 1. The summed E-state index contributed by atoms with van der Waals surface area (Å²) >= 11 is 3.36. The van der Waals surface area contributed by atoms with Crippen molar-refractivity contribution in [1.29, 1.82) is 0 Å². The number of nitrogens with one attached hydrogen (secondary N) is 1. The van der Waals surface area contributed by atoms with Gasteiger partial charge in [0.1, 0.15) is 5.75 Å². The number of carbonyl (C=O) groups is 1. The van der Waals surface area contributed by atoms with E-state index in [1.807, 2.05) is 50.2 Å². The average molecular weight is 360 g/mol. The molecule has 0 spiro atoms. The highest BCUT2D eigenvalue weighted by molar-refractivity contribution is 9.10. The average Bonchev–Trinajstić information content (AvgIpc) is 2.48. The van der Waals surface area contributed by atoms with Crippen molar-refractivity contribution < 1.29 is 9.53 Å². The van der Waals surface area contributed by atoms with Crippen LogP contribution in [-0.4, -0.2) is 12.4 Å². The van der Waals surface area contributed by atoms with E-state index in [-0.39, 0.29) is 5.78 Å². The Kier molecular flexibility index (Phi) is 5.78. The van der Waals surface area contributed by atoms with Gasteiger partial charge >= 0.3 is 0 Å². The lowest BCUT2D eigenvalue weighted by Gasteiger charge is -2.09. The molecular weight excluding hydrogens is 342 g/mol. The van der Waals surface area contributed by atoms with Gasteiger partial charge in [0.25, 0.3) is 0 Å². The summed E-state index contributed by atoms with van der Waals surface area (Å²) in [7, 11) is 0. The van der Waals surface area contributed by atoms with Gasteiger partial charge in [0.05, 0.1) is 6.61 Å². The second-order valence-corrected chi connectivity index (χ2v) is 5.70. The third kappa shape index (κ3) is 4.74. The predicted molar refractivity (Wildman–Crippen MR) is 93.5 cm³/mol. The molecule has 0 heterocycles. The van der Waals surface area contributed by atoms with Gasteiger partial charge in [0.15, 0.2) is 5.78 Å². The second kappa shape index (κ2) is 7.80. The Balaban J connectivity index is 2.07. The molecule has 22 heavy (non-hydrogen) atoms. The maximum atomic E-state index is 12.2. The van der Waals surface area contributed by atoms with Gasteiger partial charge in [-0.25, -0.2) is 0 Å². The number of anilines is 1. The molecule has 2 aromatic carbocycles. The summed E-state index contributed by atoms with van der Waals surface area (Å²) in [5.41, 5.74) is 2.33. The Hall–Kier alpha value is -2.07. The Morgan fingerprint density at radius 3 is 2.64 bits per heavy atom. The van der Waals surface area contributed by atoms with Crippen LogP contribution in [-0.2, 0) is 0 Å². The molecule has 0 aromatic heterocycles. The summed E-state index contributed by atoms with van der Waals surface area (Å²) in [6.45, 7) is 4.44. The topological polar surface area (TPSA) is 38.3 Å². The fourth-order valence-electron chi connectivity index (χ4n) is 1.99. The van der Waals surface area contributed by atoms with E-state index < -0.39 is 0 Å². The Morgan fingerprint density at radius 2 is 1.95 bits per heavy atom. The molecule has 3 nitrogen and oxygen atoms in total. The molecule has 0 saturated carbocycles. The lowest BCUT2D eigenvalue weighted by Crippen LogP contribution is -2.01. The smallest absolute Gasteiger partial charge is 0.187 e. The number of rotatable bonds is 6. The SMILES string of the molecule is CCOc1cccc(NC(C)=CC(=O)c2ccc(Br)cc2)c1. The van der Waals surface area contributed by atoms with Gasteiger partial charge < -0.3 is 10.1 Å². The minimum atomic E-state index is -0.0292. The van der Waals surface area contributed by atoms with E-state index in [9.17, 15) is 4.79 Å². The van der Waals surface area contributed by atoms with Crippen LogP contribution in [0.1, 0.15) is 24.2 Å². The third-order valence-electron chi connectivity index (χ3n) is 2.96. The minimum Gasteiger partial charge on any atom is -0.494 e. The van der Waals surface area contributed by atoms with Gasteiger partial charge in [-0.1, -0.05) is 22.0 Å². The van der Waals surface area contributed by atoms with Crippen molar-refractivity contribution in [3.63, 3.8) is 0 Å². The van der Waals surface area contributed by atoms with Crippen LogP contribution in [0.15, 0.2) is 64.8 Å². The fraction of sp³-hybridized carbons (Fsp3) is 0.167. The van der Waals surface area contributed by atoms with Crippen LogP contribution >= 0.6 is 15.9 Å². The summed E-state index contributed by atoms with van der Waals surface area (Å²) < 4.78 is 6.41. The molecule has 0 saturated heterocycles. The van der Waals surface area contributed by atoms with Crippen LogP contribution in [0.5, 0.6) is 5.75 Å². The predicted octanol–water partition coefficient (Wildman–Crippen LogP) is 5.05. The zero-order valence-electron chi connectivity index (χ0n) is 12.6. The molecule has 0 fully saturated rings. The molecular formula is C18H18BrNO2. The second-order valence-electron chi connectivity index (χ2n) is 4.78. The zero-order valence-corrected chi connectivity index (χ0v) is 14.2. The molecule has 2 rings (SSSR count). The van der Waals surface area contributed by atoms with Crippen molar-refractivity contribution in [2.75, 3.05) is 11.9 Å². The number of hydrogen-bond acceptors (Lipinski definition) is 3. The summed E-state index contributed by atoms with van der Waals surface area (Å²) in [6, 6.07) is 15.0. The first-order valence-electron chi connectivity index (χ1n) is 7.06. The standard InChI is InChI=1S/C18H18BrNO2/c1-3-22-17-6-4-5-16(12-17)20-13(2)11-18(21)14-7-9-15(19)10-8-14/h4-12,20H,3H2,1-2H3. The third-order valence-corrected chi connectivity index (χ3v) is 3.49. The van der Waals surface area contributed by atoms with Gasteiger partial charge in [-0.2, -0.15) is 0 Å². The first kappa shape index (κ1) is 16.3. The first-order valence-corrected chi connectivity index (χ1v) is 7.86. The lowest BCUT2D eigenvalue weighted by molar-refractivity contribution is 0.104. The lowest BCUT2D eigenvalue weighted by atomic mass is 10.1. The molecule has 0 bridgehead atoms. The summed E-state index contributed by atoms with van der Waals surface area (Å²) in [4.78, 5) is 12.2. The summed E-state index contributed by atoms with van der Waals surface area (Å²) in [5, 5.41) is 3.20. The van der Waals surface area contributed by atoms with Crippen LogP contribution in [0.2, 0.25) is 0 Å². The van der Waals surface area contributed by atoms with E-state index in [0.717, 1.165) is 21.6 Å². The molecule has 0 aliphatic rings. The fourth-order valence-corrected chi connectivity index (χ4v) is 2.25. The van der Waals surface area contributed by atoms with E-state index in [1.54, 1.807) is 18.2 Å². The van der Waals surface area contributed by atoms with Crippen molar-refractivity contribution in [2.24, 2.45) is 0 Å². The van der Waals surface area contributed by atoms with Crippen LogP contribution < -0.4 is 10.1 Å². The van der Waals surface area contributed by atoms with E-state index >= 15 is 0 Å². The van der Waals surface area contributed by atoms with Crippen LogP contribution in [0.4, 0.5) is 5.69 Å². The van der Waals surface area contributed by atoms with E-state index in [1.165, 1.54) is 0 Å². The molecule has 0 aliphatic heterocycles. The maximum absolute atomic E-state index is 12.2. The van der Waals surface area contributed by atoms with Crippen molar-refractivity contribution in [3.8, 4) is 5.75 Å². The highest BCUT2D eigenvalue weighted by Gasteiger charge is 2.03. The zero-order chi connectivity index (χ0) is 15.9. The molecule has 0 atom stereocenters. The summed E-state index contributed by atoms with van der Waals surface area (Å²) in [5.74, 6) is 0.776. The number of carbonyl (C=O) groups excluding carboxylic acids is 1. The van der Waals surface area contributed by atoms with Crippen LogP contribution in [0, 0.1) is 0 Å². The van der Waals surface area contributed by atoms with Gasteiger partial charge in [0, 0.05) is 33.6 Å². The van der Waals surface area contributed by atoms with Crippen molar-refractivity contribution >= 4 is 27.4 Å².